The van der Waals surface area contributed by atoms with Gasteiger partial charge in [0.25, 0.3) is 0 Å². The van der Waals surface area contributed by atoms with E-state index in [1.54, 1.807) is 0 Å². The lowest BCUT2D eigenvalue weighted by Crippen LogP contribution is -2.45. The van der Waals surface area contributed by atoms with Crippen molar-refractivity contribution >= 4 is 14.3 Å². The number of alkyl halides is 4. The van der Waals surface area contributed by atoms with E-state index in [4.69, 9.17) is 4.43 Å². The topological polar surface area (TPSA) is 35.5 Å². The zero-order chi connectivity index (χ0) is 19.3. The Balaban J connectivity index is 3.30. The zero-order valence-electron chi connectivity index (χ0n) is 14.8. The van der Waals surface area contributed by atoms with Crippen LogP contribution in [0.1, 0.15) is 42.8 Å². The van der Waals surface area contributed by atoms with Crippen molar-refractivity contribution in [3.8, 4) is 0 Å². The molecule has 1 unspecified atom stereocenters. The fourth-order valence-electron chi connectivity index (χ4n) is 2.65. The van der Waals surface area contributed by atoms with Crippen molar-refractivity contribution in [1.82, 2.24) is 0 Å². The summed E-state index contributed by atoms with van der Waals surface area (Å²) in [7, 11) is -1.37. The van der Waals surface area contributed by atoms with E-state index in [0.29, 0.717) is 18.1 Å². The third kappa shape index (κ3) is 4.82. The number of benzene rings is 1. The van der Waals surface area contributed by atoms with Crippen LogP contribution in [0, 0.1) is 0 Å². The van der Waals surface area contributed by atoms with Gasteiger partial charge >= 0.3 is 18.3 Å². The van der Waals surface area contributed by atoms with Crippen LogP contribution in [-0.2, 0) is 9.16 Å². The molecule has 0 radical (unpaired) electrons. The summed E-state index contributed by atoms with van der Waals surface area (Å²) in [6, 6.07) is 6.63. The third-order valence-electron chi connectivity index (χ3n) is 4.58. The number of carbonyl (C=O) groups is 1. The number of hydrogen-bond donors (Lipinski definition) is 0. The first kappa shape index (κ1) is 21.6. The van der Waals surface area contributed by atoms with Crippen LogP contribution in [-0.4, -0.2) is 33.7 Å². The summed E-state index contributed by atoms with van der Waals surface area (Å²) in [6.45, 7) is 5.49. The van der Waals surface area contributed by atoms with E-state index in [1.807, 2.05) is 20.8 Å². The molecule has 0 bridgehead atoms. The van der Waals surface area contributed by atoms with E-state index >= 15 is 0 Å². The molecule has 1 aromatic carbocycles. The summed E-state index contributed by atoms with van der Waals surface area (Å²) in [6.07, 6.45) is -5.90. The fraction of sp³-hybridized carbons (Fsp3) is 0.588. The smallest absolute Gasteiger partial charge is 0.337 e. The van der Waals surface area contributed by atoms with Crippen LogP contribution in [0.3, 0.4) is 0 Å². The van der Waals surface area contributed by atoms with E-state index in [9.17, 15) is 22.4 Å². The number of methoxy groups -OCH3 is 1. The van der Waals surface area contributed by atoms with Crippen molar-refractivity contribution in [3.63, 3.8) is 0 Å². The molecule has 0 saturated carbocycles. The van der Waals surface area contributed by atoms with Gasteiger partial charge in [0.1, 0.15) is 6.10 Å². The Bertz CT molecular complexity index is 551. The van der Waals surface area contributed by atoms with Crippen LogP contribution in [0.5, 0.6) is 0 Å². The first-order chi connectivity index (χ1) is 11.7. The molecule has 0 saturated heterocycles. The molecule has 0 spiro atoms. The Morgan fingerprint density at radius 1 is 1.08 bits per heavy atom. The number of hydrogen-bond acceptors (Lipinski definition) is 3. The van der Waals surface area contributed by atoms with Gasteiger partial charge < -0.3 is 9.16 Å². The maximum Gasteiger partial charge on any atom is 0.337 e. The predicted molar refractivity (Wildman–Crippen MR) is 89.8 cm³/mol. The maximum atomic E-state index is 14.2. The number of halogens is 4. The normalized spacial score (nSPS) is 13.8. The molecular formula is C17H24F4O3Si. The Morgan fingerprint density at radius 3 is 1.92 bits per heavy atom. The first-order valence-corrected chi connectivity index (χ1v) is 10.7. The Kier molecular flexibility index (Phi) is 7.61. The van der Waals surface area contributed by atoms with Gasteiger partial charge in [0.2, 0.25) is 0 Å². The highest BCUT2D eigenvalue weighted by molar-refractivity contribution is 6.73. The molecule has 0 aliphatic carbocycles. The quantitative estimate of drug-likeness (QED) is 0.325. The lowest BCUT2D eigenvalue weighted by Gasteiger charge is -2.36. The molecule has 8 heteroatoms. The molecule has 0 aliphatic heterocycles. The van der Waals surface area contributed by atoms with Gasteiger partial charge in [-0.25, -0.2) is 13.6 Å². The van der Waals surface area contributed by atoms with Crippen LogP contribution in [0.15, 0.2) is 24.3 Å². The fourth-order valence-corrected chi connectivity index (χ4v) is 5.44. The molecule has 25 heavy (non-hydrogen) atoms. The van der Waals surface area contributed by atoms with Crippen molar-refractivity contribution in [2.24, 2.45) is 0 Å². The van der Waals surface area contributed by atoms with Gasteiger partial charge in [0.05, 0.1) is 12.7 Å². The average Bonchev–Trinajstić information content (AvgIpc) is 2.62. The molecule has 0 aromatic heterocycles. The summed E-state index contributed by atoms with van der Waals surface area (Å²) in [5, 5.41) is 0. The van der Waals surface area contributed by atoms with Crippen LogP contribution >= 0.6 is 0 Å². The second-order valence-corrected chi connectivity index (χ2v) is 10.6. The van der Waals surface area contributed by atoms with Gasteiger partial charge in [-0.05, 0) is 35.8 Å². The number of rotatable bonds is 9. The molecule has 1 rings (SSSR count). The zero-order valence-corrected chi connectivity index (χ0v) is 15.8. The van der Waals surface area contributed by atoms with Crippen molar-refractivity contribution in [2.45, 2.75) is 57.4 Å². The van der Waals surface area contributed by atoms with E-state index in [-0.39, 0.29) is 11.1 Å². The van der Waals surface area contributed by atoms with E-state index in [1.165, 1.54) is 31.4 Å². The monoisotopic (exact) mass is 380 g/mol. The highest BCUT2D eigenvalue weighted by atomic mass is 28.4. The number of esters is 1. The molecular weight excluding hydrogens is 356 g/mol. The Labute approximate surface area is 146 Å². The van der Waals surface area contributed by atoms with Crippen LogP contribution in [0.25, 0.3) is 0 Å². The van der Waals surface area contributed by atoms with Crippen molar-refractivity contribution < 1.29 is 31.5 Å². The van der Waals surface area contributed by atoms with Crippen LogP contribution < -0.4 is 0 Å². The molecule has 1 aromatic rings. The lowest BCUT2D eigenvalue weighted by atomic mass is 10.0. The van der Waals surface area contributed by atoms with Crippen molar-refractivity contribution in [2.75, 3.05) is 7.11 Å². The number of ether oxygens (including phenoxy) is 1. The minimum Gasteiger partial charge on any atom is -0.465 e. The molecule has 1 atom stereocenters. The average molecular weight is 380 g/mol. The molecule has 0 amide bonds. The van der Waals surface area contributed by atoms with Gasteiger partial charge in [-0.3, -0.25) is 0 Å². The minimum absolute atomic E-state index is 0.0785. The third-order valence-corrected chi connectivity index (χ3v) is 9.18. The largest absolute Gasteiger partial charge is 0.465 e. The van der Waals surface area contributed by atoms with Crippen molar-refractivity contribution in [1.29, 1.82) is 0 Å². The SMILES string of the molecule is CC[Si](CC)(CC)OC(c1ccc(C(=O)OC)cc1)C(F)(F)C(F)F. The molecule has 142 valence electrons. The van der Waals surface area contributed by atoms with E-state index < -0.39 is 32.7 Å². The van der Waals surface area contributed by atoms with Gasteiger partial charge in [0, 0.05) is 0 Å². The van der Waals surface area contributed by atoms with Crippen LogP contribution in [0.4, 0.5) is 17.6 Å². The van der Waals surface area contributed by atoms with E-state index in [0.717, 1.165) is 0 Å². The minimum atomic E-state index is -4.33. The Hall–Kier alpha value is -1.41. The van der Waals surface area contributed by atoms with Gasteiger partial charge in [-0.2, -0.15) is 8.78 Å². The number of carbonyl (C=O) groups excluding carboxylic acids is 1. The molecule has 0 fully saturated rings. The summed E-state index contributed by atoms with van der Waals surface area (Å²) in [5.74, 6) is -4.96. The summed E-state index contributed by atoms with van der Waals surface area (Å²) in [4.78, 5) is 11.5. The summed E-state index contributed by atoms with van der Waals surface area (Å²) >= 11 is 0. The molecule has 0 N–H and O–H groups in total. The standard InChI is InChI=1S/C17H24F4O3Si/c1-5-25(6-2,7-3)24-14(17(20,21)16(18)19)12-8-10-13(11-9-12)15(22)23-4/h8-11,14,16H,5-7H2,1-4H3. The Morgan fingerprint density at radius 2 is 1.56 bits per heavy atom. The molecule has 0 aliphatic rings. The van der Waals surface area contributed by atoms with Crippen LogP contribution in [0.2, 0.25) is 18.1 Å². The molecule has 3 nitrogen and oxygen atoms in total. The van der Waals surface area contributed by atoms with Gasteiger partial charge in [-0.15, -0.1) is 0 Å². The van der Waals surface area contributed by atoms with Gasteiger partial charge in [0.15, 0.2) is 8.32 Å². The summed E-state index contributed by atoms with van der Waals surface area (Å²) in [5.41, 5.74) is 0.0699. The van der Waals surface area contributed by atoms with Gasteiger partial charge in [-0.1, -0.05) is 32.9 Å². The lowest BCUT2D eigenvalue weighted by molar-refractivity contribution is -0.188. The van der Waals surface area contributed by atoms with E-state index in [2.05, 4.69) is 4.74 Å². The molecule has 0 heterocycles. The van der Waals surface area contributed by atoms with Crippen molar-refractivity contribution in [3.05, 3.63) is 35.4 Å². The second-order valence-electron chi connectivity index (χ2n) is 5.83. The second kappa shape index (κ2) is 8.80. The first-order valence-electron chi connectivity index (χ1n) is 8.19. The maximum absolute atomic E-state index is 14.2. The summed E-state index contributed by atoms with van der Waals surface area (Å²) < 4.78 is 64.7. The highest BCUT2D eigenvalue weighted by Crippen LogP contribution is 2.43. The highest BCUT2D eigenvalue weighted by Gasteiger charge is 2.52. The predicted octanol–water partition coefficient (Wildman–Crippen LogP) is 5.44.